The molecule has 1 aromatic heterocycles. The number of halogens is 4. The van der Waals surface area contributed by atoms with Crippen LogP contribution in [0.5, 0.6) is 0 Å². The number of aliphatic hydroxyl groups excluding tert-OH is 1. The van der Waals surface area contributed by atoms with Crippen molar-refractivity contribution < 1.29 is 18.3 Å². The highest BCUT2D eigenvalue weighted by Gasteiger charge is 2.40. The van der Waals surface area contributed by atoms with E-state index >= 15 is 0 Å². The average molecular weight is 212 g/mol. The van der Waals surface area contributed by atoms with E-state index < -0.39 is 17.8 Å². The number of hydrogen-bond donors (Lipinski definition) is 1. The van der Waals surface area contributed by atoms with Crippen molar-refractivity contribution in [1.29, 1.82) is 0 Å². The standard InChI is InChI=1S/C7H5ClF3NO/c8-5-1-2-12-3-4(5)6(13)7(9,10)11/h1-3,6,13H. The molecular weight excluding hydrogens is 207 g/mol. The van der Waals surface area contributed by atoms with Crippen molar-refractivity contribution in [2.75, 3.05) is 0 Å². The van der Waals surface area contributed by atoms with Gasteiger partial charge < -0.3 is 5.11 Å². The van der Waals surface area contributed by atoms with Gasteiger partial charge in [-0.1, -0.05) is 11.6 Å². The first-order valence-corrected chi connectivity index (χ1v) is 3.65. The van der Waals surface area contributed by atoms with Crippen molar-refractivity contribution in [3.63, 3.8) is 0 Å². The first kappa shape index (κ1) is 10.3. The minimum atomic E-state index is -4.72. The van der Waals surface area contributed by atoms with Crippen molar-refractivity contribution in [3.8, 4) is 0 Å². The Morgan fingerprint density at radius 2 is 2.08 bits per heavy atom. The van der Waals surface area contributed by atoms with Crippen LogP contribution < -0.4 is 0 Å². The lowest BCUT2D eigenvalue weighted by atomic mass is 10.1. The van der Waals surface area contributed by atoms with E-state index in [1.54, 1.807) is 0 Å². The maximum Gasteiger partial charge on any atom is 0.418 e. The molecule has 1 rings (SSSR count). The predicted molar refractivity (Wildman–Crippen MR) is 40.3 cm³/mol. The maximum atomic E-state index is 12.0. The van der Waals surface area contributed by atoms with Crippen LogP contribution in [0.3, 0.4) is 0 Å². The minimum Gasteiger partial charge on any atom is -0.379 e. The molecule has 1 unspecified atom stereocenters. The quantitative estimate of drug-likeness (QED) is 0.774. The molecule has 0 spiro atoms. The Morgan fingerprint density at radius 1 is 1.46 bits per heavy atom. The highest BCUT2D eigenvalue weighted by molar-refractivity contribution is 6.31. The molecule has 0 aliphatic rings. The monoisotopic (exact) mass is 211 g/mol. The van der Waals surface area contributed by atoms with E-state index in [1.807, 2.05) is 0 Å². The van der Waals surface area contributed by atoms with Crippen LogP contribution in [0.15, 0.2) is 18.5 Å². The summed E-state index contributed by atoms with van der Waals surface area (Å²) >= 11 is 5.43. The molecule has 0 radical (unpaired) electrons. The van der Waals surface area contributed by atoms with Gasteiger partial charge in [0.2, 0.25) is 0 Å². The molecular formula is C7H5ClF3NO. The molecule has 0 saturated carbocycles. The van der Waals surface area contributed by atoms with Gasteiger partial charge in [0, 0.05) is 23.0 Å². The fourth-order valence-corrected chi connectivity index (χ4v) is 0.976. The van der Waals surface area contributed by atoms with Gasteiger partial charge in [-0.15, -0.1) is 0 Å². The van der Waals surface area contributed by atoms with Gasteiger partial charge in [-0.25, -0.2) is 0 Å². The van der Waals surface area contributed by atoms with Gasteiger partial charge in [0.1, 0.15) is 0 Å². The first-order chi connectivity index (χ1) is 5.93. The van der Waals surface area contributed by atoms with Gasteiger partial charge in [-0.2, -0.15) is 13.2 Å². The van der Waals surface area contributed by atoms with Crippen molar-refractivity contribution >= 4 is 11.6 Å². The zero-order chi connectivity index (χ0) is 10.1. The molecule has 13 heavy (non-hydrogen) atoms. The van der Waals surface area contributed by atoms with E-state index in [2.05, 4.69) is 4.98 Å². The normalized spacial score (nSPS) is 14.2. The third kappa shape index (κ3) is 2.32. The largest absolute Gasteiger partial charge is 0.418 e. The molecule has 0 aliphatic heterocycles. The highest BCUT2D eigenvalue weighted by Crippen LogP contribution is 2.34. The molecule has 0 aromatic carbocycles. The number of aromatic nitrogens is 1. The van der Waals surface area contributed by atoms with Crippen molar-refractivity contribution in [2.24, 2.45) is 0 Å². The van der Waals surface area contributed by atoms with Crippen LogP contribution in [0.25, 0.3) is 0 Å². The molecule has 6 heteroatoms. The van der Waals surface area contributed by atoms with Crippen LogP contribution in [0.1, 0.15) is 11.7 Å². The van der Waals surface area contributed by atoms with E-state index in [0.29, 0.717) is 0 Å². The van der Waals surface area contributed by atoms with E-state index in [0.717, 1.165) is 6.20 Å². The van der Waals surface area contributed by atoms with Crippen molar-refractivity contribution in [2.45, 2.75) is 12.3 Å². The molecule has 0 aliphatic carbocycles. The summed E-state index contributed by atoms with van der Waals surface area (Å²) < 4.78 is 35.9. The Labute approximate surface area is 77.0 Å². The fourth-order valence-electron chi connectivity index (χ4n) is 0.767. The number of aliphatic hydroxyl groups is 1. The van der Waals surface area contributed by atoms with Gasteiger partial charge in [-0.3, -0.25) is 4.98 Å². The van der Waals surface area contributed by atoms with E-state index in [9.17, 15) is 13.2 Å². The van der Waals surface area contributed by atoms with Crippen LogP contribution >= 0.6 is 11.6 Å². The molecule has 0 fully saturated rings. The lowest BCUT2D eigenvalue weighted by Gasteiger charge is -2.14. The molecule has 0 bridgehead atoms. The predicted octanol–water partition coefficient (Wildman–Crippen LogP) is 2.33. The Morgan fingerprint density at radius 3 is 2.54 bits per heavy atom. The molecule has 1 heterocycles. The number of nitrogens with zero attached hydrogens (tertiary/aromatic N) is 1. The van der Waals surface area contributed by atoms with Gasteiger partial charge in [0.25, 0.3) is 0 Å². The second kappa shape index (κ2) is 3.51. The van der Waals surface area contributed by atoms with Gasteiger partial charge >= 0.3 is 6.18 Å². The maximum absolute atomic E-state index is 12.0. The topological polar surface area (TPSA) is 33.1 Å². The molecule has 1 atom stereocenters. The SMILES string of the molecule is OC(c1cnccc1Cl)C(F)(F)F. The van der Waals surface area contributed by atoms with Crippen molar-refractivity contribution in [3.05, 3.63) is 29.0 Å². The summed E-state index contributed by atoms with van der Waals surface area (Å²) in [5.41, 5.74) is -0.434. The van der Waals surface area contributed by atoms with Gasteiger partial charge in [-0.05, 0) is 6.07 Å². The van der Waals surface area contributed by atoms with E-state index in [1.165, 1.54) is 12.3 Å². The summed E-state index contributed by atoms with van der Waals surface area (Å²) in [7, 11) is 0. The molecule has 1 aromatic rings. The van der Waals surface area contributed by atoms with E-state index in [4.69, 9.17) is 16.7 Å². The Balaban J connectivity index is 3.02. The molecule has 1 N–H and O–H groups in total. The van der Waals surface area contributed by atoms with Crippen LogP contribution in [0.2, 0.25) is 5.02 Å². The number of hydrogen-bond acceptors (Lipinski definition) is 2. The summed E-state index contributed by atoms with van der Waals surface area (Å²) in [6.07, 6.45) is -5.16. The highest BCUT2D eigenvalue weighted by atomic mass is 35.5. The zero-order valence-electron chi connectivity index (χ0n) is 6.22. The van der Waals surface area contributed by atoms with Crippen LogP contribution in [-0.4, -0.2) is 16.3 Å². The summed E-state index contributed by atoms with van der Waals surface area (Å²) in [6.45, 7) is 0. The van der Waals surface area contributed by atoms with Gasteiger partial charge in [0.05, 0.1) is 0 Å². The summed E-state index contributed by atoms with van der Waals surface area (Å²) in [5.74, 6) is 0. The molecule has 72 valence electrons. The van der Waals surface area contributed by atoms with Crippen LogP contribution in [0, 0.1) is 0 Å². The summed E-state index contributed by atoms with van der Waals surface area (Å²) in [6, 6.07) is 1.19. The fraction of sp³-hybridized carbons (Fsp3) is 0.286. The minimum absolute atomic E-state index is 0.153. The number of alkyl halides is 3. The lowest BCUT2D eigenvalue weighted by molar-refractivity contribution is -0.206. The Hall–Kier alpha value is -0.810. The lowest BCUT2D eigenvalue weighted by Crippen LogP contribution is -2.20. The third-order valence-electron chi connectivity index (χ3n) is 1.40. The van der Waals surface area contributed by atoms with Crippen LogP contribution in [-0.2, 0) is 0 Å². The van der Waals surface area contributed by atoms with Crippen LogP contribution in [0.4, 0.5) is 13.2 Å². The molecule has 0 saturated heterocycles. The number of rotatable bonds is 1. The van der Waals surface area contributed by atoms with Gasteiger partial charge in [0.15, 0.2) is 6.10 Å². The molecule has 2 nitrogen and oxygen atoms in total. The smallest absolute Gasteiger partial charge is 0.379 e. The average Bonchev–Trinajstić information content (AvgIpc) is 2.02. The third-order valence-corrected chi connectivity index (χ3v) is 1.75. The summed E-state index contributed by atoms with van der Waals surface area (Å²) in [4.78, 5) is 3.44. The Kier molecular flexibility index (Phi) is 2.77. The Bertz CT molecular complexity index is 302. The number of pyridine rings is 1. The first-order valence-electron chi connectivity index (χ1n) is 3.27. The molecule has 0 amide bonds. The second-order valence-electron chi connectivity index (χ2n) is 2.34. The summed E-state index contributed by atoms with van der Waals surface area (Å²) in [5, 5.41) is 8.64. The van der Waals surface area contributed by atoms with E-state index in [-0.39, 0.29) is 5.02 Å². The zero-order valence-corrected chi connectivity index (χ0v) is 6.97. The second-order valence-corrected chi connectivity index (χ2v) is 2.75. The van der Waals surface area contributed by atoms with Crippen molar-refractivity contribution in [1.82, 2.24) is 4.98 Å².